The molecule has 0 saturated carbocycles. The van der Waals surface area contributed by atoms with Gasteiger partial charge in [0.1, 0.15) is 0 Å². The molecule has 1 N–H and O–H groups in total. The van der Waals surface area contributed by atoms with Crippen LogP contribution in [0.5, 0.6) is 0 Å². The standard InChI is InChI=1S/2C6H8O2.K/c2*1-2-3-4-5-6(7)8;/h2*2-5H,1H3,(H,7,8);/q;;+1/p-1/b3-2+,5-4+;;. The Labute approximate surface area is 144 Å². The summed E-state index contributed by atoms with van der Waals surface area (Å²) in [6.45, 7) is 3.63. The Morgan fingerprint density at radius 1 is 0.941 bits per heavy atom. The van der Waals surface area contributed by atoms with Crippen molar-refractivity contribution >= 4 is 11.9 Å². The molecule has 0 saturated heterocycles. The van der Waals surface area contributed by atoms with Crippen LogP contribution < -0.4 is 56.5 Å². The normalized spacial score (nSPS) is 10.5. The largest absolute Gasteiger partial charge is 1.00 e. The van der Waals surface area contributed by atoms with E-state index < -0.39 is 11.9 Å². The molecule has 0 heterocycles. The first-order chi connectivity index (χ1) is 7.54. The van der Waals surface area contributed by atoms with Gasteiger partial charge in [0.15, 0.2) is 0 Å². The maximum atomic E-state index is 9.75. The van der Waals surface area contributed by atoms with Gasteiger partial charge in [-0.15, -0.1) is 0 Å². The molecule has 0 bridgehead atoms. The van der Waals surface area contributed by atoms with Gasteiger partial charge in [-0.25, -0.2) is 4.79 Å². The van der Waals surface area contributed by atoms with E-state index in [0.29, 0.717) is 0 Å². The van der Waals surface area contributed by atoms with Crippen molar-refractivity contribution in [2.24, 2.45) is 0 Å². The Bertz CT molecular complexity index is 282. The molecule has 5 heteroatoms. The molecular formula is C12H15KO4. The van der Waals surface area contributed by atoms with Gasteiger partial charge in [0, 0.05) is 6.08 Å². The molecule has 0 unspecified atom stereocenters. The van der Waals surface area contributed by atoms with Crippen molar-refractivity contribution < 1.29 is 71.2 Å². The Balaban J connectivity index is -0.000000218. The molecule has 0 aliphatic heterocycles. The summed E-state index contributed by atoms with van der Waals surface area (Å²) >= 11 is 0. The van der Waals surface area contributed by atoms with E-state index in [2.05, 4.69) is 0 Å². The summed E-state index contributed by atoms with van der Waals surface area (Å²) in [5, 5.41) is 17.7. The van der Waals surface area contributed by atoms with E-state index >= 15 is 0 Å². The van der Waals surface area contributed by atoms with Gasteiger partial charge < -0.3 is 15.0 Å². The smallest absolute Gasteiger partial charge is 0.545 e. The number of rotatable bonds is 4. The summed E-state index contributed by atoms with van der Waals surface area (Å²) in [5.74, 6) is -2.08. The van der Waals surface area contributed by atoms with E-state index in [1.807, 2.05) is 6.92 Å². The topological polar surface area (TPSA) is 77.4 Å². The Hall–Kier alpha value is -0.464. The number of carboxylic acid groups (broad SMARTS) is 2. The van der Waals surface area contributed by atoms with Crippen molar-refractivity contribution in [3.8, 4) is 0 Å². The number of carboxylic acids is 2. The second-order valence-corrected chi connectivity index (χ2v) is 2.43. The Morgan fingerprint density at radius 3 is 1.65 bits per heavy atom. The number of hydrogen-bond acceptors (Lipinski definition) is 3. The van der Waals surface area contributed by atoms with Crippen molar-refractivity contribution in [1.29, 1.82) is 0 Å². The van der Waals surface area contributed by atoms with Crippen LogP contribution in [0.4, 0.5) is 0 Å². The van der Waals surface area contributed by atoms with Crippen LogP contribution in [-0.2, 0) is 9.59 Å². The molecule has 17 heavy (non-hydrogen) atoms. The zero-order valence-electron chi connectivity index (χ0n) is 10.3. The predicted molar refractivity (Wildman–Crippen MR) is 60.6 cm³/mol. The third-order valence-corrected chi connectivity index (χ3v) is 1.08. The number of carbonyl (C=O) groups is 2. The Morgan fingerprint density at radius 2 is 1.35 bits per heavy atom. The molecule has 0 atom stereocenters. The number of hydrogen-bond donors (Lipinski definition) is 1. The number of carbonyl (C=O) groups excluding carboxylic acids is 1. The summed E-state index contributed by atoms with van der Waals surface area (Å²) < 4.78 is 0. The molecule has 0 aromatic rings. The predicted octanol–water partition coefficient (Wildman–Crippen LogP) is -1.92. The molecule has 0 spiro atoms. The summed E-state index contributed by atoms with van der Waals surface area (Å²) in [4.78, 5) is 19.4. The van der Waals surface area contributed by atoms with E-state index in [0.717, 1.165) is 12.2 Å². The maximum Gasteiger partial charge on any atom is 1.00 e. The monoisotopic (exact) mass is 262 g/mol. The molecule has 0 radical (unpaired) electrons. The SMILES string of the molecule is C/C=C/C=C/C(=O)[O-].CC=CC=CC(=O)O.[K+]. The van der Waals surface area contributed by atoms with Crippen LogP contribution in [-0.4, -0.2) is 17.0 Å². The van der Waals surface area contributed by atoms with Crippen LogP contribution >= 0.6 is 0 Å². The van der Waals surface area contributed by atoms with Crippen molar-refractivity contribution in [2.75, 3.05) is 0 Å². The zero-order chi connectivity index (χ0) is 12.8. The summed E-state index contributed by atoms with van der Waals surface area (Å²) in [6.07, 6.45) is 11.7. The van der Waals surface area contributed by atoms with E-state index in [1.165, 1.54) is 12.2 Å². The van der Waals surface area contributed by atoms with Crippen LogP contribution in [0.25, 0.3) is 0 Å². The minimum Gasteiger partial charge on any atom is -0.545 e. The molecule has 0 rings (SSSR count). The second kappa shape index (κ2) is 17.9. The fourth-order valence-electron chi connectivity index (χ4n) is 0.494. The van der Waals surface area contributed by atoms with Crippen LogP contribution in [0.2, 0.25) is 0 Å². The van der Waals surface area contributed by atoms with Crippen molar-refractivity contribution in [2.45, 2.75) is 13.8 Å². The fraction of sp³-hybridized carbons (Fsp3) is 0.167. The molecule has 0 aromatic heterocycles. The quantitative estimate of drug-likeness (QED) is 0.364. The molecule has 0 aliphatic rings. The third-order valence-electron chi connectivity index (χ3n) is 1.08. The van der Waals surface area contributed by atoms with Gasteiger partial charge in [0.2, 0.25) is 0 Å². The van der Waals surface area contributed by atoms with Crippen LogP contribution in [0.15, 0.2) is 48.6 Å². The maximum absolute atomic E-state index is 9.75. The van der Waals surface area contributed by atoms with Crippen molar-refractivity contribution in [1.82, 2.24) is 0 Å². The summed E-state index contributed by atoms with van der Waals surface area (Å²) in [6, 6.07) is 0. The minimum absolute atomic E-state index is 0. The zero-order valence-corrected chi connectivity index (χ0v) is 13.4. The first-order valence-electron chi connectivity index (χ1n) is 4.57. The first-order valence-corrected chi connectivity index (χ1v) is 4.57. The van der Waals surface area contributed by atoms with E-state index in [1.54, 1.807) is 31.2 Å². The first kappa shape index (κ1) is 21.8. The van der Waals surface area contributed by atoms with Gasteiger partial charge in [-0.05, 0) is 19.9 Å². The van der Waals surface area contributed by atoms with Gasteiger partial charge in [-0.1, -0.05) is 36.5 Å². The Kier molecular flexibility index (Phi) is 23.0. The average molecular weight is 262 g/mol. The van der Waals surface area contributed by atoms with Gasteiger partial charge in [-0.2, -0.15) is 0 Å². The van der Waals surface area contributed by atoms with Crippen LogP contribution in [0.1, 0.15) is 13.8 Å². The van der Waals surface area contributed by atoms with Crippen LogP contribution in [0, 0.1) is 0 Å². The van der Waals surface area contributed by atoms with E-state index in [-0.39, 0.29) is 51.4 Å². The average Bonchev–Trinajstić information content (AvgIpc) is 2.18. The fourth-order valence-corrected chi connectivity index (χ4v) is 0.494. The van der Waals surface area contributed by atoms with Gasteiger partial charge in [0.05, 0.1) is 5.97 Å². The molecule has 88 valence electrons. The third kappa shape index (κ3) is 31.3. The molecule has 0 aromatic carbocycles. The van der Waals surface area contributed by atoms with Crippen molar-refractivity contribution in [3.05, 3.63) is 48.6 Å². The van der Waals surface area contributed by atoms with Crippen LogP contribution in [0.3, 0.4) is 0 Å². The molecule has 0 aliphatic carbocycles. The van der Waals surface area contributed by atoms with Gasteiger partial charge in [-0.3, -0.25) is 0 Å². The number of allylic oxidation sites excluding steroid dienone is 6. The van der Waals surface area contributed by atoms with Gasteiger partial charge >= 0.3 is 57.4 Å². The second-order valence-electron chi connectivity index (χ2n) is 2.43. The summed E-state index contributed by atoms with van der Waals surface area (Å²) in [7, 11) is 0. The minimum atomic E-state index is -1.16. The molecule has 4 nitrogen and oxygen atoms in total. The molecule has 0 amide bonds. The van der Waals surface area contributed by atoms with Gasteiger partial charge in [0.25, 0.3) is 0 Å². The summed E-state index contributed by atoms with van der Waals surface area (Å²) in [5.41, 5.74) is 0. The molecule has 0 fully saturated rings. The van der Waals surface area contributed by atoms with E-state index in [4.69, 9.17) is 5.11 Å². The van der Waals surface area contributed by atoms with Crippen molar-refractivity contribution in [3.63, 3.8) is 0 Å². The molecular weight excluding hydrogens is 247 g/mol. The van der Waals surface area contributed by atoms with E-state index in [9.17, 15) is 14.7 Å². The number of aliphatic carboxylic acids is 2.